The molecule has 1 aromatic rings. The van der Waals surface area contributed by atoms with Gasteiger partial charge in [0.25, 0.3) is 0 Å². The number of likely N-dealkylation sites (N-methyl/N-ethyl adjacent to an activating group) is 1. The fourth-order valence-corrected chi connectivity index (χ4v) is 1.79. The van der Waals surface area contributed by atoms with Crippen LogP contribution in [0.3, 0.4) is 0 Å². The molecular weight excluding hydrogens is 292 g/mol. The molecule has 0 saturated carbocycles. The molecule has 4 heteroatoms. The zero-order valence-corrected chi connectivity index (χ0v) is 13.0. The number of benzene rings is 1. The van der Waals surface area contributed by atoms with Crippen LogP contribution in [0.1, 0.15) is 32.4 Å². The lowest BCUT2D eigenvalue weighted by molar-refractivity contribution is -0.130. The third kappa shape index (κ3) is 4.42. The molecule has 3 nitrogen and oxygen atoms in total. The summed E-state index contributed by atoms with van der Waals surface area (Å²) in [4.78, 5) is 13.6. The van der Waals surface area contributed by atoms with Crippen molar-refractivity contribution in [3.05, 3.63) is 34.3 Å². The highest BCUT2D eigenvalue weighted by Gasteiger charge is 2.13. The number of carbonyl (C=O) groups is 1. The third-order valence-corrected chi connectivity index (χ3v) is 3.63. The predicted octanol–water partition coefficient (Wildman–Crippen LogP) is 2.97. The van der Waals surface area contributed by atoms with Crippen LogP contribution in [0.15, 0.2) is 28.7 Å². The molecule has 0 heterocycles. The van der Waals surface area contributed by atoms with E-state index in [-0.39, 0.29) is 18.0 Å². The zero-order chi connectivity index (χ0) is 13.7. The molecule has 1 rings (SSSR count). The van der Waals surface area contributed by atoms with Gasteiger partial charge in [0.1, 0.15) is 0 Å². The first-order chi connectivity index (χ1) is 8.41. The number of halogens is 1. The maximum Gasteiger partial charge on any atom is 0.236 e. The number of rotatable bonds is 5. The lowest BCUT2D eigenvalue weighted by Gasteiger charge is -2.23. The monoisotopic (exact) mass is 312 g/mol. The summed E-state index contributed by atoms with van der Waals surface area (Å²) in [5.74, 6) is 0.119. The van der Waals surface area contributed by atoms with Gasteiger partial charge >= 0.3 is 0 Å². The van der Waals surface area contributed by atoms with Gasteiger partial charge in [0.2, 0.25) is 5.91 Å². The van der Waals surface area contributed by atoms with Crippen LogP contribution in [-0.2, 0) is 4.79 Å². The Balaban J connectivity index is 2.48. The molecule has 18 heavy (non-hydrogen) atoms. The van der Waals surface area contributed by atoms with Crippen molar-refractivity contribution < 1.29 is 4.79 Å². The molecular formula is C14H21BrN2O. The molecule has 1 N–H and O–H groups in total. The summed E-state index contributed by atoms with van der Waals surface area (Å²) in [6, 6.07) is 8.53. The molecule has 1 aromatic carbocycles. The summed E-state index contributed by atoms with van der Waals surface area (Å²) in [6.07, 6.45) is 0. The van der Waals surface area contributed by atoms with E-state index < -0.39 is 0 Å². The molecule has 0 saturated heterocycles. The highest BCUT2D eigenvalue weighted by atomic mass is 79.9. The van der Waals surface area contributed by atoms with Gasteiger partial charge in [0.05, 0.1) is 6.54 Å². The Labute approximate surface area is 118 Å². The van der Waals surface area contributed by atoms with Crippen LogP contribution in [0.5, 0.6) is 0 Å². The quantitative estimate of drug-likeness (QED) is 0.906. The average Bonchev–Trinajstić information content (AvgIpc) is 2.35. The highest BCUT2D eigenvalue weighted by Crippen LogP contribution is 2.16. The smallest absolute Gasteiger partial charge is 0.236 e. The highest BCUT2D eigenvalue weighted by molar-refractivity contribution is 9.10. The number of nitrogens with one attached hydrogen (secondary N) is 1. The lowest BCUT2D eigenvalue weighted by atomic mass is 10.1. The van der Waals surface area contributed by atoms with Crippen LogP contribution < -0.4 is 5.32 Å². The van der Waals surface area contributed by atoms with Gasteiger partial charge in [0, 0.05) is 23.6 Å². The van der Waals surface area contributed by atoms with Crippen molar-refractivity contribution in [1.82, 2.24) is 10.2 Å². The number of nitrogens with zero attached hydrogens (tertiary/aromatic N) is 1. The SMILES string of the molecule is CC(NCC(=O)N(C)C(C)C)c1ccc(Br)cc1. The molecule has 0 aliphatic rings. The number of amides is 1. The Kier molecular flexibility index (Phi) is 5.82. The minimum Gasteiger partial charge on any atom is -0.342 e. The van der Waals surface area contributed by atoms with Gasteiger partial charge in [0.15, 0.2) is 0 Å². The molecule has 1 unspecified atom stereocenters. The zero-order valence-electron chi connectivity index (χ0n) is 11.4. The normalized spacial score (nSPS) is 12.6. The van der Waals surface area contributed by atoms with Crippen molar-refractivity contribution in [1.29, 1.82) is 0 Å². The molecule has 100 valence electrons. The molecule has 0 radical (unpaired) electrons. The second-order valence-electron chi connectivity index (χ2n) is 4.75. The first-order valence-corrected chi connectivity index (χ1v) is 6.95. The van der Waals surface area contributed by atoms with Crippen LogP contribution in [0.25, 0.3) is 0 Å². The molecule has 0 spiro atoms. The predicted molar refractivity (Wildman–Crippen MR) is 78.5 cm³/mol. The first kappa shape index (κ1) is 15.2. The van der Waals surface area contributed by atoms with E-state index in [0.717, 1.165) is 4.47 Å². The van der Waals surface area contributed by atoms with E-state index in [2.05, 4.69) is 40.3 Å². The van der Waals surface area contributed by atoms with Crippen molar-refractivity contribution in [3.8, 4) is 0 Å². The molecule has 1 atom stereocenters. The van der Waals surface area contributed by atoms with Crippen molar-refractivity contribution >= 4 is 21.8 Å². The van der Waals surface area contributed by atoms with Gasteiger partial charge < -0.3 is 10.2 Å². The topological polar surface area (TPSA) is 32.3 Å². The van der Waals surface area contributed by atoms with Crippen molar-refractivity contribution in [2.45, 2.75) is 32.9 Å². The Morgan fingerprint density at radius 3 is 2.33 bits per heavy atom. The van der Waals surface area contributed by atoms with Gasteiger partial charge in [-0.15, -0.1) is 0 Å². The van der Waals surface area contributed by atoms with E-state index in [1.165, 1.54) is 5.56 Å². The van der Waals surface area contributed by atoms with E-state index in [1.54, 1.807) is 4.90 Å². The third-order valence-electron chi connectivity index (χ3n) is 3.10. The molecule has 0 bridgehead atoms. The summed E-state index contributed by atoms with van der Waals surface area (Å²) < 4.78 is 1.06. The van der Waals surface area contributed by atoms with Crippen molar-refractivity contribution in [3.63, 3.8) is 0 Å². The maximum atomic E-state index is 11.8. The standard InChI is InChI=1S/C14H21BrN2O/c1-10(2)17(4)14(18)9-16-11(3)12-5-7-13(15)8-6-12/h5-8,10-11,16H,9H2,1-4H3. The van der Waals surface area contributed by atoms with Crippen LogP contribution in [0.4, 0.5) is 0 Å². The van der Waals surface area contributed by atoms with E-state index in [1.807, 2.05) is 33.0 Å². The molecule has 0 aliphatic heterocycles. The second kappa shape index (κ2) is 6.90. The second-order valence-corrected chi connectivity index (χ2v) is 5.67. The Morgan fingerprint density at radius 1 is 1.28 bits per heavy atom. The van der Waals surface area contributed by atoms with Gasteiger partial charge in [-0.25, -0.2) is 0 Å². The summed E-state index contributed by atoms with van der Waals surface area (Å²) in [7, 11) is 1.83. The number of carbonyl (C=O) groups excluding carboxylic acids is 1. The van der Waals surface area contributed by atoms with E-state index >= 15 is 0 Å². The number of hydrogen-bond donors (Lipinski definition) is 1. The molecule has 0 aromatic heterocycles. The summed E-state index contributed by atoms with van der Waals surface area (Å²) >= 11 is 3.41. The van der Waals surface area contributed by atoms with Crippen molar-refractivity contribution in [2.24, 2.45) is 0 Å². The van der Waals surface area contributed by atoms with Gasteiger partial charge in [-0.3, -0.25) is 4.79 Å². The fraction of sp³-hybridized carbons (Fsp3) is 0.500. The average molecular weight is 313 g/mol. The minimum absolute atomic E-state index is 0.119. The van der Waals surface area contributed by atoms with Crippen LogP contribution >= 0.6 is 15.9 Å². The van der Waals surface area contributed by atoms with Crippen LogP contribution in [0, 0.1) is 0 Å². The van der Waals surface area contributed by atoms with E-state index in [0.29, 0.717) is 6.54 Å². The molecule has 0 fully saturated rings. The van der Waals surface area contributed by atoms with Gasteiger partial charge in [-0.1, -0.05) is 28.1 Å². The van der Waals surface area contributed by atoms with Gasteiger partial charge in [-0.05, 0) is 38.5 Å². The summed E-state index contributed by atoms with van der Waals surface area (Å²) in [5.41, 5.74) is 1.18. The largest absolute Gasteiger partial charge is 0.342 e. The van der Waals surface area contributed by atoms with Crippen LogP contribution in [-0.4, -0.2) is 30.4 Å². The number of hydrogen-bond acceptors (Lipinski definition) is 2. The maximum absolute atomic E-state index is 11.8. The Hall–Kier alpha value is -0.870. The van der Waals surface area contributed by atoms with Gasteiger partial charge in [-0.2, -0.15) is 0 Å². The first-order valence-electron chi connectivity index (χ1n) is 6.16. The van der Waals surface area contributed by atoms with Crippen molar-refractivity contribution in [2.75, 3.05) is 13.6 Å². The van der Waals surface area contributed by atoms with Crippen LogP contribution in [0.2, 0.25) is 0 Å². The summed E-state index contributed by atoms with van der Waals surface area (Å²) in [6.45, 7) is 6.45. The minimum atomic E-state index is 0.119. The molecule has 0 aliphatic carbocycles. The molecule has 1 amide bonds. The Bertz CT molecular complexity index is 389. The summed E-state index contributed by atoms with van der Waals surface area (Å²) in [5, 5.41) is 3.25. The fourth-order valence-electron chi connectivity index (χ4n) is 1.52. The Morgan fingerprint density at radius 2 is 1.83 bits per heavy atom. The van der Waals surface area contributed by atoms with E-state index in [4.69, 9.17) is 0 Å². The van der Waals surface area contributed by atoms with E-state index in [9.17, 15) is 4.79 Å². The lowest BCUT2D eigenvalue weighted by Crippen LogP contribution is -2.40.